The molecule has 15 heteroatoms. The number of aromatic amines is 1. The standard InChI is InChI=1S/C21H19N9O6/c1-10-7-12(26-35-10)8-29-19(32)15-17(28(3)21(29)34)22-9-30(15)11(2)18(31)24-14-6-4-5-13(23-14)16-25-20(33)36-27-16/h4-7,9,11H,8H2,1-3H3,(H,23,24,31)(H,25,27,33). The Kier molecular flexibility index (Phi) is 5.43. The van der Waals surface area contributed by atoms with E-state index >= 15 is 0 Å². The molecule has 0 aliphatic rings. The second-order valence-corrected chi connectivity index (χ2v) is 7.99. The minimum atomic E-state index is -0.903. The SMILES string of the molecule is Cc1cc(Cn2c(=O)c3c(ncn3C(C)C(=O)Nc3cccc(-c4nc(=O)o[nH]4)n3)n(C)c2=O)no1. The lowest BCUT2D eigenvalue weighted by Crippen LogP contribution is -2.40. The van der Waals surface area contributed by atoms with Crippen molar-refractivity contribution < 1.29 is 13.8 Å². The smallest absolute Gasteiger partial charge is 0.361 e. The average molecular weight is 493 g/mol. The first-order chi connectivity index (χ1) is 17.2. The first-order valence-corrected chi connectivity index (χ1v) is 10.7. The fourth-order valence-corrected chi connectivity index (χ4v) is 3.71. The third kappa shape index (κ3) is 3.91. The molecule has 184 valence electrons. The molecule has 5 heterocycles. The predicted octanol–water partition coefficient (Wildman–Crippen LogP) is 0.179. The van der Waals surface area contributed by atoms with Crippen LogP contribution in [0.4, 0.5) is 5.82 Å². The highest BCUT2D eigenvalue weighted by Crippen LogP contribution is 2.18. The molecule has 0 saturated carbocycles. The van der Waals surface area contributed by atoms with Crippen LogP contribution in [0.5, 0.6) is 0 Å². The van der Waals surface area contributed by atoms with E-state index in [1.807, 2.05) is 0 Å². The summed E-state index contributed by atoms with van der Waals surface area (Å²) < 4.78 is 13.2. The van der Waals surface area contributed by atoms with Gasteiger partial charge in [0.1, 0.15) is 29.0 Å². The first-order valence-electron chi connectivity index (χ1n) is 10.7. The Morgan fingerprint density at radius 2 is 2.03 bits per heavy atom. The number of pyridine rings is 1. The number of aryl methyl sites for hydroxylation is 2. The number of nitrogens with one attached hydrogen (secondary N) is 2. The van der Waals surface area contributed by atoms with Crippen LogP contribution in [0.25, 0.3) is 22.7 Å². The maximum absolute atomic E-state index is 13.3. The van der Waals surface area contributed by atoms with E-state index in [0.29, 0.717) is 11.5 Å². The molecule has 5 rings (SSSR count). The minimum Gasteiger partial charge on any atom is -0.361 e. The van der Waals surface area contributed by atoms with Crippen molar-refractivity contribution in [2.75, 3.05) is 5.32 Å². The van der Waals surface area contributed by atoms with E-state index in [-0.39, 0.29) is 35.0 Å². The Morgan fingerprint density at radius 3 is 2.72 bits per heavy atom. The van der Waals surface area contributed by atoms with Crippen molar-refractivity contribution in [2.24, 2.45) is 7.05 Å². The Bertz CT molecular complexity index is 1780. The molecule has 0 spiro atoms. The number of hydrogen-bond acceptors (Lipinski definition) is 10. The van der Waals surface area contributed by atoms with E-state index in [0.717, 1.165) is 4.57 Å². The third-order valence-electron chi connectivity index (χ3n) is 5.53. The zero-order chi connectivity index (χ0) is 25.6. The molecule has 0 aromatic carbocycles. The summed E-state index contributed by atoms with van der Waals surface area (Å²) in [5.41, 5.74) is -0.319. The number of nitrogens with zero attached hydrogens (tertiary/aromatic N) is 7. The van der Waals surface area contributed by atoms with Gasteiger partial charge in [0.2, 0.25) is 5.91 Å². The maximum atomic E-state index is 13.3. The van der Waals surface area contributed by atoms with Gasteiger partial charge in [-0.1, -0.05) is 11.2 Å². The summed E-state index contributed by atoms with van der Waals surface area (Å²) in [5, 5.41) is 8.86. The van der Waals surface area contributed by atoms with Crippen molar-refractivity contribution in [3.8, 4) is 11.5 Å². The molecule has 36 heavy (non-hydrogen) atoms. The number of carbonyl (C=O) groups is 1. The molecule has 0 bridgehead atoms. The van der Waals surface area contributed by atoms with E-state index in [9.17, 15) is 19.2 Å². The van der Waals surface area contributed by atoms with Gasteiger partial charge in [0.25, 0.3) is 5.56 Å². The van der Waals surface area contributed by atoms with Crippen molar-refractivity contribution in [1.29, 1.82) is 0 Å². The van der Waals surface area contributed by atoms with Crippen molar-refractivity contribution >= 4 is 22.9 Å². The van der Waals surface area contributed by atoms with Crippen molar-refractivity contribution in [1.82, 2.24) is 39.0 Å². The van der Waals surface area contributed by atoms with Gasteiger partial charge in [0.15, 0.2) is 17.0 Å². The Labute approximate surface area is 200 Å². The highest BCUT2D eigenvalue weighted by Gasteiger charge is 2.23. The second-order valence-electron chi connectivity index (χ2n) is 7.99. The summed E-state index contributed by atoms with van der Waals surface area (Å²) in [6.45, 7) is 3.17. The summed E-state index contributed by atoms with van der Waals surface area (Å²) >= 11 is 0. The summed E-state index contributed by atoms with van der Waals surface area (Å²) in [6.07, 6.45) is 1.32. The van der Waals surface area contributed by atoms with Crippen molar-refractivity contribution in [2.45, 2.75) is 26.4 Å². The van der Waals surface area contributed by atoms with Crippen LogP contribution in [0, 0.1) is 6.92 Å². The molecule has 0 fully saturated rings. The number of fused-ring (bicyclic) bond motifs is 1. The lowest BCUT2D eigenvalue weighted by atomic mass is 10.3. The summed E-state index contributed by atoms with van der Waals surface area (Å²) in [7, 11) is 1.49. The first kappa shape index (κ1) is 22.7. The van der Waals surface area contributed by atoms with Gasteiger partial charge in [0.05, 0.1) is 12.9 Å². The molecule has 5 aromatic rings. The van der Waals surface area contributed by atoms with Crippen LogP contribution in [-0.2, 0) is 18.4 Å². The number of hydrogen-bond donors (Lipinski definition) is 2. The van der Waals surface area contributed by atoms with E-state index < -0.39 is 29.0 Å². The zero-order valence-electron chi connectivity index (χ0n) is 19.3. The van der Waals surface area contributed by atoms with Crippen LogP contribution in [0.3, 0.4) is 0 Å². The number of imidazole rings is 1. The number of anilines is 1. The van der Waals surface area contributed by atoms with Crippen molar-refractivity contribution in [3.63, 3.8) is 0 Å². The molecule has 0 aliphatic carbocycles. The number of rotatable bonds is 6. The quantitative estimate of drug-likeness (QED) is 0.330. The average Bonchev–Trinajstić information content (AvgIpc) is 3.60. The Morgan fingerprint density at radius 1 is 1.22 bits per heavy atom. The fourth-order valence-electron chi connectivity index (χ4n) is 3.71. The topological polar surface area (TPSA) is 189 Å². The van der Waals surface area contributed by atoms with Crippen LogP contribution in [0.2, 0.25) is 0 Å². The second kappa shape index (κ2) is 8.61. The van der Waals surface area contributed by atoms with E-state index in [2.05, 4.69) is 35.1 Å². The molecule has 5 aromatic heterocycles. The largest absolute Gasteiger partial charge is 0.460 e. The summed E-state index contributed by atoms with van der Waals surface area (Å²) in [5.74, 6) is -0.476. The van der Waals surface area contributed by atoms with Gasteiger partial charge in [-0.2, -0.15) is 10.1 Å². The van der Waals surface area contributed by atoms with Gasteiger partial charge in [-0.3, -0.25) is 18.7 Å². The predicted molar refractivity (Wildman–Crippen MR) is 123 cm³/mol. The van der Waals surface area contributed by atoms with Gasteiger partial charge in [-0.15, -0.1) is 0 Å². The molecule has 15 nitrogen and oxygen atoms in total. The molecule has 0 saturated heterocycles. The minimum absolute atomic E-state index is 0.0712. The van der Waals surface area contributed by atoms with E-state index in [1.54, 1.807) is 38.1 Å². The van der Waals surface area contributed by atoms with Crippen LogP contribution < -0.4 is 22.3 Å². The number of carbonyl (C=O) groups excluding carboxylic acids is 1. The third-order valence-corrected chi connectivity index (χ3v) is 5.53. The van der Waals surface area contributed by atoms with Gasteiger partial charge in [0, 0.05) is 13.1 Å². The van der Waals surface area contributed by atoms with E-state index in [4.69, 9.17) is 4.52 Å². The van der Waals surface area contributed by atoms with Crippen molar-refractivity contribution in [3.05, 3.63) is 73.4 Å². The Balaban J connectivity index is 1.48. The molecule has 0 aliphatic heterocycles. The van der Waals surface area contributed by atoms with Crippen LogP contribution in [0.15, 0.2) is 54.0 Å². The number of amides is 1. The lowest BCUT2D eigenvalue weighted by molar-refractivity contribution is -0.118. The van der Waals surface area contributed by atoms with Gasteiger partial charge >= 0.3 is 11.4 Å². The van der Waals surface area contributed by atoms with Gasteiger partial charge in [-0.25, -0.2) is 19.6 Å². The molecule has 1 unspecified atom stereocenters. The number of aromatic nitrogens is 8. The maximum Gasteiger partial charge on any atom is 0.460 e. The molecular weight excluding hydrogens is 474 g/mol. The molecular formula is C21H19N9O6. The molecule has 0 radical (unpaired) electrons. The molecule has 1 amide bonds. The summed E-state index contributed by atoms with van der Waals surface area (Å²) in [6, 6.07) is 5.46. The van der Waals surface area contributed by atoms with Gasteiger partial charge < -0.3 is 18.9 Å². The van der Waals surface area contributed by atoms with Crippen LogP contribution >= 0.6 is 0 Å². The number of H-pyrrole nitrogens is 1. The van der Waals surface area contributed by atoms with Gasteiger partial charge in [-0.05, 0) is 26.0 Å². The normalized spacial score (nSPS) is 12.2. The molecule has 1 atom stereocenters. The lowest BCUT2D eigenvalue weighted by Gasteiger charge is -2.15. The van der Waals surface area contributed by atoms with Crippen LogP contribution in [0.1, 0.15) is 24.4 Å². The highest BCUT2D eigenvalue weighted by atomic mass is 16.5. The monoisotopic (exact) mass is 493 g/mol. The van der Waals surface area contributed by atoms with E-state index in [1.165, 1.54) is 22.5 Å². The fraction of sp³-hybridized carbons (Fsp3) is 0.238. The summed E-state index contributed by atoms with van der Waals surface area (Å²) in [4.78, 5) is 62.5. The zero-order valence-corrected chi connectivity index (χ0v) is 19.3. The van der Waals surface area contributed by atoms with Crippen LogP contribution in [-0.4, -0.2) is 44.9 Å². The molecule has 2 N–H and O–H groups in total. The Hall–Kier alpha value is -5.08. The highest BCUT2D eigenvalue weighted by molar-refractivity contribution is 5.93.